The van der Waals surface area contributed by atoms with Crippen molar-refractivity contribution in [2.45, 2.75) is 19.1 Å². The third-order valence-corrected chi connectivity index (χ3v) is 3.75. The van der Waals surface area contributed by atoms with E-state index in [-0.39, 0.29) is 17.7 Å². The molecule has 0 saturated heterocycles. The number of hydrogen-bond acceptors (Lipinski definition) is 3. The second kappa shape index (κ2) is 6.48. The predicted octanol–water partition coefficient (Wildman–Crippen LogP) is 3.93. The molecule has 116 valence electrons. The summed E-state index contributed by atoms with van der Waals surface area (Å²) in [7, 11) is 0. The van der Waals surface area contributed by atoms with Crippen LogP contribution in [0.25, 0.3) is 0 Å². The van der Waals surface area contributed by atoms with Crippen LogP contribution < -0.4 is 0 Å². The van der Waals surface area contributed by atoms with Gasteiger partial charge in [0.15, 0.2) is 6.10 Å². The Balaban J connectivity index is 1.97. The highest BCUT2D eigenvalue weighted by Crippen LogP contribution is 2.40. The van der Waals surface area contributed by atoms with E-state index in [1.54, 1.807) is 0 Å². The van der Waals surface area contributed by atoms with E-state index in [0.717, 1.165) is 11.1 Å². The highest BCUT2D eigenvalue weighted by Gasteiger charge is 2.32. The lowest BCUT2D eigenvalue weighted by Gasteiger charge is -2.18. The van der Waals surface area contributed by atoms with Crippen molar-refractivity contribution in [2.24, 2.45) is 4.99 Å². The molecule has 0 amide bonds. The normalized spacial score (nSPS) is 20.7. The molecule has 0 bridgehead atoms. The van der Waals surface area contributed by atoms with E-state index >= 15 is 0 Å². The van der Waals surface area contributed by atoms with Gasteiger partial charge < -0.3 is 9.84 Å². The zero-order valence-electron chi connectivity index (χ0n) is 12.7. The molecule has 0 unspecified atom stereocenters. The van der Waals surface area contributed by atoms with Crippen molar-refractivity contribution < 1.29 is 14.6 Å². The van der Waals surface area contributed by atoms with E-state index in [1.807, 2.05) is 60.7 Å². The number of aliphatic carboxylic acids is 1. The number of carboxylic acid groups (broad SMARTS) is 1. The third kappa shape index (κ3) is 3.31. The van der Waals surface area contributed by atoms with Gasteiger partial charge in [0.1, 0.15) is 6.04 Å². The van der Waals surface area contributed by atoms with Gasteiger partial charge in [-0.25, -0.2) is 9.79 Å². The van der Waals surface area contributed by atoms with Crippen LogP contribution in [0.1, 0.15) is 30.2 Å². The molecule has 1 N–H and O–H groups in total. The van der Waals surface area contributed by atoms with Gasteiger partial charge in [-0.05, 0) is 18.1 Å². The molecule has 3 rings (SSSR count). The van der Waals surface area contributed by atoms with Crippen molar-refractivity contribution in [1.29, 1.82) is 0 Å². The molecular formula is C19H17NO3. The van der Waals surface area contributed by atoms with E-state index in [9.17, 15) is 4.79 Å². The molecule has 2 atom stereocenters. The van der Waals surface area contributed by atoms with Gasteiger partial charge in [0, 0.05) is 11.6 Å². The highest BCUT2D eigenvalue weighted by atomic mass is 16.5. The van der Waals surface area contributed by atoms with E-state index in [4.69, 9.17) is 9.84 Å². The molecule has 0 fully saturated rings. The zero-order valence-corrected chi connectivity index (χ0v) is 12.7. The topological polar surface area (TPSA) is 58.9 Å². The Bertz CT molecular complexity index is 751. The van der Waals surface area contributed by atoms with Crippen LogP contribution in [0, 0.1) is 0 Å². The molecule has 0 saturated carbocycles. The number of nitrogens with zero attached hydrogens (tertiary/aromatic N) is 1. The molecule has 2 aromatic carbocycles. The van der Waals surface area contributed by atoms with Gasteiger partial charge in [-0.15, -0.1) is 0 Å². The number of ether oxygens (including phenoxy) is 1. The number of aliphatic imine (C=N–C) groups is 1. The standard InChI is InChI=1S/C19H17NO3/c1-13(19(21)22)12-16-20-17(14-8-4-2-5-9-14)18(23-16)15-10-6-3-7-11-15/h2-12,17-18H,1H3,(H,21,22)/b13-12+/t17-,18-/m0/s1. The first kappa shape index (κ1) is 15.0. The van der Waals surface area contributed by atoms with Gasteiger partial charge in [-0.1, -0.05) is 60.7 Å². The van der Waals surface area contributed by atoms with Crippen LogP contribution in [0.4, 0.5) is 0 Å². The largest absolute Gasteiger partial charge is 0.478 e. The quantitative estimate of drug-likeness (QED) is 0.871. The molecule has 0 aromatic heterocycles. The van der Waals surface area contributed by atoms with Crippen molar-refractivity contribution in [1.82, 2.24) is 0 Å². The van der Waals surface area contributed by atoms with Crippen LogP contribution in [0.5, 0.6) is 0 Å². The van der Waals surface area contributed by atoms with Crippen LogP contribution in [0.3, 0.4) is 0 Å². The summed E-state index contributed by atoms with van der Waals surface area (Å²) < 4.78 is 5.95. The maximum absolute atomic E-state index is 11.0. The Labute approximate surface area is 134 Å². The summed E-state index contributed by atoms with van der Waals surface area (Å²) in [6.07, 6.45) is 1.22. The van der Waals surface area contributed by atoms with E-state index in [0.29, 0.717) is 5.90 Å². The number of carbonyl (C=O) groups is 1. The van der Waals surface area contributed by atoms with Crippen LogP contribution >= 0.6 is 0 Å². The fourth-order valence-electron chi connectivity index (χ4n) is 2.54. The number of rotatable bonds is 4. The SMILES string of the molecule is C/C(=C\C1=N[C@@H](c2ccccc2)[C@H](c2ccccc2)O1)C(=O)O. The highest BCUT2D eigenvalue weighted by molar-refractivity contribution is 5.98. The molecule has 1 heterocycles. The molecule has 4 nitrogen and oxygen atoms in total. The minimum absolute atomic E-state index is 0.188. The fraction of sp³-hybridized carbons (Fsp3) is 0.158. The lowest BCUT2D eigenvalue weighted by atomic mass is 9.97. The zero-order chi connectivity index (χ0) is 16.2. The van der Waals surface area contributed by atoms with Crippen LogP contribution in [-0.2, 0) is 9.53 Å². The summed E-state index contributed by atoms with van der Waals surface area (Å²) in [5, 5.41) is 9.03. The molecule has 23 heavy (non-hydrogen) atoms. The molecule has 0 spiro atoms. The van der Waals surface area contributed by atoms with Gasteiger partial charge in [-0.2, -0.15) is 0 Å². The summed E-state index contributed by atoms with van der Waals surface area (Å²) >= 11 is 0. The lowest BCUT2D eigenvalue weighted by molar-refractivity contribution is -0.132. The molecule has 1 aliphatic rings. The number of hydrogen-bond donors (Lipinski definition) is 1. The average molecular weight is 307 g/mol. The van der Waals surface area contributed by atoms with Crippen molar-refractivity contribution in [3.8, 4) is 0 Å². The van der Waals surface area contributed by atoms with Crippen LogP contribution in [0.2, 0.25) is 0 Å². The molecule has 4 heteroatoms. The fourth-order valence-corrected chi connectivity index (χ4v) is 2.54. The summed E-state index contributed by atoms with van der Waals surface area (Å²) in [5.41, 5.74) is 2.25. The molecule has 0 aliphatic carbocycles. The minimum Gasteiger partial charge on any atom is -0.478 e. The monoisotopic (exact) mass is 307 g/mol. The summed E-state index contributed by atoms with van der Waals surface area (Å²) in [6, 6.07) is 19.5. The smallest absolute Gasteiger partial charge is 0.331 e. The first-order valence-electron chi connectivity index (χ1n) is 7.41. The molecule has 2 aromatic rings. The van der Waals surface area contributed by atoms with Gasteiger partial charge in [0.05, 0.1) is 0 Å². The predicted molar refractivity (Wildman–Crippen MR) is 88.3 cm³/mol. The molecule has 1 aliphatic heterocycles. The molecule has 0 radical (unpaired) electrons. The van der Waals surface area contributed by atoms with Gasteiger partial charge in [0.2, 0.25) is 5.90 Å². The first-order valence-corrected chi connectivity index (χ1v) is 7.41. The average Bonchev–Trinajstić information content (AvgIpc) is 3.00. The third-order valence-electron chi connectivity index (χ3n) is 3.75. The lowest BCUT2D eigenvalue weighted by Crippen LogP contribution is -2.08. The van der Waals surface area contributed by atoms with Crippen LogP contribution in [-0.4, -0.2) is 17.0 Å². The van der Waals surface area contributed by atoms with Crippen molar-refractivity contribution in [3.63, 3.8) is 0 Å². The Morgan fingerprint density at radius 3 is 2.17 bits per heavy atom. The molecular weight excluding hydrogens is 290 g/mol. The van der Waals surface area contributed by atoms with Crippen molar-refractivity contribution in [2.75, 3.05) is 0 Å². The Kier molecular flexibility index (Phi) is 4.24. The van der Waals surface area contributed by atoms with Crippen LogP contribution in [0.15, 0.2) is 77.3 Å². The van der Waals surface area contributed by atoms with Crippen molar-refractivity contribution in [3.05, 3.63) is 83.4 Å². The van der Waals surface area contributed by atoms with Crippen molar-refractivity contribution >= 4 is 11.9 Å². The number of benzene rings is 2. The van der Waals surface area contributed by atoms with E-state index in [1.165, 1.54) is 13.0 Å². The Hall–Kier alpha value is -2.88. The second-order valence-electron chi connectivity index (χ2n) is 5.40. The van der Waals surface area contributed by atoms with E-state index < -0.39 is 5.97 Å². The Morgan fingerprint density at radius 1 is 1.04 bits per heavy atom. The first-order chi connectivity index (χ1) is 11.1. The van der Waals surface area contributed by atoms with Gasteiger partial charge in [-0.3, -0.25) is 0 Å². The summed E-state index contributed by atoms with van der Waals surface area (Å²) in [6.45, 7) is 1.53. The van der Waals surface area contributed by atoms with Gasteiger partial charge in [0.25, 0.3) is 0 Å². The Morgan fingerprint density at radius 2 is 1.61 bits per heavy atom. The van der Waals surface area contributed by atoms with E-state index in [2.05, 4.69) is 4.99 Å². The maximum Gasteiger partial charge on any atom is 0.331 e. The summed E-state index contributed by atoms with van der Waals surface area (Å²) in [4.78, 5) is 15.6. The number of carboxylic acids is 1. The van der Waals surface area contributed by atoms with Gasteiger partial charge >= 0.3 is 5.97 Å². The summed E-state index contributed by atoms with van der Waals surface area (Å²) in [5.74, 6) is -0.622. The minimum atomic E-state index is -0.976. The second-order valence-corrected chi connectivity index (χ2v) is 5.40. The maximum atomic E-state index is 11.0.